The van der Waals surface area contributed by atoms with E-state index >= 15 is 0 Å². The summed E-state index contributed by atoms with van der Waals surface area (Å²) < 4.78 is 36.3. The van der Waals surface area contributed by atoms with Crippen molar-refractivity contribution in [3.8, 4) is 6.19 Å². The fourth-order valence-electron chi connectivity index (χ4n) is 1.92. The molecule has 13 nitrogen and oxygen atoms in total. The number of guanidine groups is 2. The molecule has 0 aliphatic heterocycles. The number of anilines is 1. The number of nitrogens with one attached hydrogen (secondary N) is 3. The second kappa shape index (κ2) is 16.2. The van der Waals surface area contributed by atoms with E-state index in [9.17, 15) is 22.8 Å². The van der Waals surface area contributed by atoms with E-state index in [-0.39, 0.29) is 11.8 Å². The van der Waals surface area contributed by atoms with Gasteiger partial charge in [0, 0.05) is 38.4 Å². The van der Waals surface area contributed by atoms with Crippen LogP contribution in [0.2, 0.25) is 0 Å². The molecule has 0 spiro atoms. The van der Waals surface area contributed by atoms with Crippen LogP contribution in [0.5, 0.6) is 0 Å². The Morgan fingerprint density at radius 3 is 2.44 bits per heavy atom. The summed E-state index contributed by atoms with van der Waals surface area (Å²) in [5.74, 6) is -1.69. The van der Waals surface area contributed by atoms with Crippen molar-refractivity contribution in [1.29, 1.82) is 5.26 Å². The Bertz CT molecular complexity index is 912. The average Bonchev–Trinajstić information content (AvgIpc) is 2.75. The molecule has 186 valence electrons. The molecule has 1 heterocycles. The van der Waals surface area contributed by atoms with Crippen LogP contribution < -0.4 is 21.7 Å². The summed E-state index contributed by atoms with van der Waals surface area (Å²) in [5.41, 5.74) is 5.40. The van der Waals surface area contributed by atoms with Gasteiger partial charge in [-0.05, 0) is 18.9 Å². The van der Waals surface area contributed by atoms with Gasteiger partial charge in [-0.1, -0.05) is 0 Å². The molecule has 0 fully saturated rings. The number of carboxylic acids is 2. The Morgan fingerprint density at radius 1 is 1.26 bits per heavy atom. The Hall–Kier alpha value is -4.42. The van der Waals surface area contributed by atoms with E-state index < -0.39 is 24.7 Å². The SMILES string of the molecule is CN=C(NC#N)NCCCCc1nccc(NC(N)=NCC(F)(F)F)n1.O=C(O)/C=C\C(=O)O. The number of alkyl halides is 3. The summed E-state index contributed by atoms with van der Waals surface area (Å²) in [4.78, 5) is 34.4. The van der Waals surface area contributed by atoms with Gasteiger partial charge in [-0.3, -0.25) is 10.3 Å². The van der Waals surface area contributed by atoms with E-state index in [2.05, 4.69) is 35.9 Å². The second-order valence-corrected chi connectivity index (χ2v) is 6.00. The van der Waals surface area contributed by atoms with Gasteiger partial charge < -0.3 is 26.6 Å². The van der Waals surface area contributed by atoms with Crippen LogP contribution >= 0.6 is 0 Å². The Morgan fingerprint density at radius 2 is 1.91 bits per heavy atom. The van der Waals surface area contributed by atoms with Gasteiger partial charge in [0.1, 0.15) is 18.2 Å². The number of aliphatic imine (C=N–C) groups is 2. The first-order valence-electron chi connectivity index (χ1n) is 9.42. The lowest BCUT2D eigenvalue weighted by atomic mass is 10.2. The first-order chi connectivity index (χ1) is 16.0. The first kappa shape index (κ1) is 29.6. The van der Waals surface area contributed by atoms with Gasteiger partial charge in [-0.2, -0.15) is 18.4 Å². The van der Waals surface area contributed by atoms with Gasteiger partial charge in [0.25, 0.3) is 0 Å². The molecular formula is C18H24F3N9O4. The van der Waals surface area contributed by atoms with Crippen LogP contribution in [-0.2, 0) is 16.0 Å². The lowest BCUT2D eigenvalue weighted by molar-refractivity contribution is -0.134. The molecule has 0 saturated carbocycles. The molecule has 0 bridgehead atoms. The lowest BCUT2D eigenvalue weighted by Gasteiger charge is -2.08. The van der Waals surface area contributed by atoms with E-state index in [4.69, 9.17) is 21.2 Å². The molecule has 0 aromatic carbocycles. The number of rotatable bonds is 9. The van der Waals surface area contributed by atoms with Crippen LogP contribution in [0.1, 0.15) is 18.7 Å². The van der Waals surface area contributed by atoms with Gasteiger partial charge in [0.15, 0.2) is 12.2 Å². The standard InChI is InChI=1S/C14H20F3N9.C4H4O4/c1-20-13(24-9-18)22-6-3-2-4-10-21-7-5-11(25-10)26-12(19)23-8-14(15,16)17;5-3(6)1-2-4(7)8/h5,7H,2-4,6,8H2,1H3,(H2,20,22,24)(H3,19,21,23,25,26);1-2H,(H,5,6)(H,7,8)/b;2-1-. The largest absolute Gasteiger partial charge is 0.478 e. The lowest BCUT2D eigenvalue weighted by Crippen LogP contribution is -2.34. The highest BCUT2D eigenvalue weighted by molar-refractivity contribution is 5.91. The molecule has 0 aliphatic carbocycles. The predicted molar refractivity (Wildman–Crippen MR) is 116 cm³/mol. The van der Waals surface area contributed by atoms with Gasteiger partial charge in [-0.25, -0.2) is 24.5 Å². The molecule has 0 atom stereocenters. The monoisotopic (exact) mass is 487 g/mol. The van der Waals surface area contributed by atoms with Gasteiger partial charge >= 0.3 is 18.1 Å². The van der Waals surface area contributed by atoms with Crippen molar-refractivity contribution >= 4 is 29.7 Å². The number of nitriles is 1. The van der Waals surface area contributed by atoms with Crippen molar-refractivity contribution < 1.29 is 33.0 Å². The summed E-state index contributed by atoms with van der Waals surface area (Å²) in [5, 5.41) is 32.0. The maximum Gasteiger partial charge on any atom is 0.408 e. The fourth-order valence-corrected chi connectivity index (χ4v) is 1.92. The van der Waals surface area contributed by atoms with Crippen LogP contribution in [0.3, 0.4) is 0 Å². The number of nitrogens with two attached hydrogens (primary N) is 1. The number of carbonyl (C=O) groups is 2. The van der Waals surface area contributed by atoms with Crippen molar-refractivity contribution in [2.45, 2.75) is 25.4 Å². The summed E-state index contributed by atoms with van der Waals surface area (Å²) in [7, 11) is 1.56. The van der Waals surface area contributed by atoms with Crippen molar-refractivity contribution in [2.75, 3.05) is 25.5 Å². The summed E-state index contributed by atoms with van der Waals surface area (Å²) in [6, 6.07) is 1.48. The molecule has 0 unspecified atom stereocenters. The Labute approximate surface area is 192 Å². The van der Waals surface area contributed by atoms with Crippen molar-refractivity contribution in [2.24, 2.45) is 15.7 Å². The minimum absolute atomic E-state index is 0.273. The zero-order valence-electron chi connectivity index (χ0n) is 18.0. The number of carboxylic acid groups (broad SMARTS) is 2. The summed E-state index contributed by atoms with van der Waals surface area (Å²) in [6.07, 6.45) is 2.07. The van der Waals surface area contributed by atoms with Crippen molar-refractivity contribution in [3.05, 3.63) is 30.2 Å². The minimum atomic E-state index is -4.41. The van der Waals surface area contributed by atoms with E-state index in [1.54, 1.807) is 13.2 Å². The molecule has 0 saturated heterocycles. The van der Waals surface area contributed by atoms with Gasteiger partial charge in [0.05, 0.1) is 0 Å². The molecule has 0 aliphatic rings. The third-order valence-electron chi connectivity index (χ3n) is 3.28. The molecule has 0 radical (unpaired) electrons. The number of unbranched alkanes of at least 4 members (excludes halogenated alkanes) is 1. The van der Waals surface area contributed by atoms with E-state index in [0.29, 0.717) is 36.9 Å². The predicted octanol–water partition coefficient (Wildman–Crippen LogP) is 0.446. The molecule has 1 aromatic heterocycles. The van der Waals surface area contributed by atoms with Crippen molar-refractivity contribution in [3.63, 3.8) is 0 Å². The van der Waals surface area contributed by atoms with Crippen LogP contribution in [0.25, 0.3) is 0 Å². The Kier molecular flexibility index (Phi) is 14.1. The highest BCUT2D eigenvalue weighted by Crippen LogP contribution is 2.14. The summed E-state index contributed by atoms with van der Waals surface area (Å²) in [6.45, 7) is -0.753. The number of halogens is 3. The normalized spacial score (nSPS) is 11.7. The van der Waals surface area contributed by atoms with Crippen molar-refractivity contribution in [1.82, 2.24) is 20.6 Å². The minimum Gasteiger partial charge on any atom is -0.478 e. The van der Waals surface area contributed by atoms with Gasteiger partial charge in [-0.15, -0.1) is 0 Å². The number of aromatic nitrogens is 2. The molecule has 0 amide bonds. The number of nitrogens with zero attached hydrogens (tertiary/aromatic N) is 5. The number of aryl methyl sites for hydroxylation is 1. The molecule has 1 rings (SSSR count). The number of hydrogen-bond acceptors (Lipinski definition) is 7. The average molecular weight is 487 g/mol. The first-order valence-corrected chi connectivity index (χ1v) is 9.42. The molecule has 7 N–H and O–H groups in total. The molecule has 34 heavy (non-hydrogen) atoms. The van der Waals surface area contributed by atoms with Gasteiger partial charge in [0.2, 0.25) is 5.96 Å². The van der Waals surface area contributed by atoms with Crippen LogP contribution in [-0.4, -0.2) is 70.4 Å². The van der Waals surface area contributed by atoms with Crippen LogP contribution in [0.4, 0.5) is 19.0 Å². The second-order valence-electron chi connectivity index (χ2n) is 6.00. The molecule has 1 aromatic rings. The zero-order chi connectivity index (χ0) is 26.0. The van der Waals surface area contributed by atoms with E-state index in [1.165, 1.54) is 12.3 Å². The van der Waals surface area contributed by atoms with E-state index in [0.717, 1.165) is 12.8 Å². The smallest absolute Gasteiger partial charge is 0.408 e. The maximum atomic E-state index is 12.1. The molecule has 16 heteroatoms. The van der Waals surface area contributed by atoms with E-state index in [1.807, 2.05) is 0 Å². The summed E-state index contributed by atoms with van der Waals surface area (Å²) >= 11 is 0. The maximum absolute atomic E-state index is 12.1. The quantitative estimate of drug-likeness (QED) is 0.0702. The van der Waals surface area contributed by atoms with Crippen LogP contribution in [0.15, 0.2) is 34.4 Å². The Balaban J connectivity index is 0.00000116. The number of aliphatic carboxylic acids is 2. The zero-order valence-corrected chi connectivity index (χ0v) is 18.0. The third kappa shape index (κ3) is 17.3. The van der Waals surface area contributed by atoms with Crippen LogP contribution in [0, 0.1) is 11.5 Å². The highest BCUT2D eigenvalue weighted by Gasteiger charge is 2.26. The molecular weight excluding hydrogens is 463 g/mol. The fraction of sp³-hybridized carbons (Fsp3) is 0.389. The highest BCUT2D eigenvalue weighted by atomic mass is 19.4. The topological polar surface area (TPSA) is 211 Å². The third-order valence-corrected chi connectivity index (χ3v) is 3.28. The number of hydrogen-bond donors (Lipinski definition) is 6.